The number of ether oxygens (including phenoxy) is 1. The molecule has 4 atom stereocenters. The van der Waals surface area contributed by atoms with Crippen molar-refractivity contribution in [1.29, 1.82) is 0 Å². The summed E-state index contributed by atoms with van der Waals surface area (Å²) >= 11 is 6.60. The van der Waals surface area contributed by atoms with Crippen LogP contribution in [-0.2, 0) is 23.7 Å². The maximum absolute atomic E-state index is 16.2. The molecule has 3 saturated heterocycles. The second kappa shape index (κ2) is 15.7. The van der Waals surface area contributed by atoms with Crippen molar-refractivity contribution in [2.24, 2.45) is 25.9 Å². The van der Waals surface area contributed by atoms with Gasteiger partial charge >= 0.3 is 5.92 Å². The molecule has 4 aliphatic heterocycles. The Balaban J connectivity index is 0.783. The number of β-amino-alcohol motifs (C(OH)–C–C–N with tert-alkyl or cyclic N) is 1. The summed E-state index contributed by atoms with van der Waals surface area (Å²) in [5.74, 6) is -6.81. The molecule has 0 bridgehead atoms. The highest BCUT2D eigenvalue weighted by Gasteiger charge is 2.51. The van der Waals surface area contributed by atoms with Gasteiger partial charge in [-0.05, 0) is 86.7 Å². The Morgan fingerprint density at radius 2 is 1.76 bits per heavy atom. The second-order valence-corrected chi connectivity index (χ2v) is 18.3. The molecule has 2 aromatic carbocycles. The molecule has 5 aromatic rings. The SMILES string of the molecule is Cn1nc(C2CCC(=O)NC2=O)c2ccc([C@@H]3CCN(CC4CCN(c5ncc(Cl)c(Nc6ccc7c(c6)c6c(c(=O)n7C)OCC(F)(F)[C@H](C7CC7)N6)n5)CC4)C[C@]3(O)F)cc21. The molecule has 7 heterocycles. The summed E-state index contributed by atoms with van der Waals surface area (Å²) < 4.78 is 55.1. The minimum absolute atomic E-state index is 0.122. The van der Waals surface area contributed by atoms with Gasteiger partial charge in [-0.1, -0.05) is 23.7 Å². The zero-order valence-electron chi connectivity index (χ0n) is 34.8. The van der Waals surface area contributed by atoms with Gasteiger partial charge in [-0.2, -0.15) is 10.1 Å². The number of halogens is 4. The minimum Gasteiger partial charge on any atom is -0.480 e. The van der Waals surface area contributed by atoms with Gasteiger partial charge in [-0.15, -0.1) is 0 Å². The smallest absolute Gasteiger partial charge is 0.301 e. The Labute approximate surface area is 364 Å². The molecule has 1 aliphatic carbocycles. The number of nitrogens with zero attached hydrogens (tertiary/aromatic N) is 7. The summed E-state index contributed by atoms with van der Waals surface area (Å²) in [5.41, 5.74) is 2.84. The predicted molar refractivity (Wildman–Crippen MR) is 231 cm³/mol. The largest absolute Gasteiger partial charge is 0.480 e. The number of nitrogens with one attached hydrogen (secondary N) is 3. The normalized spacial score (nSPS) is 25.6. The van der Waals surface area contributed by atoms with Gasteiger partial charge in [0.05, 0.1) is 47.1 Å². The van der Waals surface area contributed by atoms with E-state index in [1.807, 2.05) is 23.1 Å². The Bertz CT molecular complexity index is 2720. The van der Waals surface area contributed by atoms with Crippen LogP contribution in [-0.4, -0.2) is 103 Å². The van der Waals surface area contributed by atoms with E-state index in [1.165, 1.54) is 10.8 Å². The van der Waals surface area contributed by atoms with Crippen molar-refractivity contribution in [2.75, 3.05) is 54.9 Å². The third kappa shape index (κ3) is 7.73. The molecule has 19 heteroatoms. The van der Waals surface area contributed by atoms with Crippen molar-refractivity contribution in [2.45, 2.75) is 74.6 Å². The fraction of sp³-hybridized carbons (Fsp3) is 0.500. The van der Waals surface area contributed by atoms with Gasteiger partial charge in [-0.3, -0.25) is 29.3 Å². The molecule has 10 rings (SSSR count). The number of fused-ring (bicyclic) bond motifs is 4. The number of carbonyl (C=O) groups excluding carboxylic acids is 2. The molecule has 2 amide bonds. The molecule has 4 fully saturated rings. The molecule has 0 spiro atoms. The molecular formula is C44H48ClF3N10O5. The fourth-order valence-electron chi connectivity index (χ4n) is 10.0. The second-order valence-electron chi connectivity index (χ2n) is 17.9. The number of hydrogen-bond donors (Lipinski definition) is 4. The van der Waals surface area contributed by atoms with E-state index in [0.29, 0.717) is 91.5 Å². The number of likely N-dealkylation sites (tertiary alicyclic amines) is 1. The number of rotatable bonds is 8. The van der Waals surface area contributed by atoms with Crippen LogP contribution in [0.5, 0.6) is 5.75 Å². The number of anilines is 4. The molecule has 3 aromatic heterocycles. The van der Waals surface area contributed by atoms with Crippen molar-refractivity contribution < 1.29 is 32.6 Å². The third-order valence-electron chi connectivity index (χ3n) is 13.6. The number of hydrogen-bond acceptors (Lipinski definition) is 12. The average Bonchev–Trinajstić information content (AvgIpc) is 4.05. The van der Waals surface area contributed by atoms with Gasteiger partial charge in [0.15, 0.2) is 12.4 Å². The molecule has 0 radical (unpaired) electrons. The first-order valence-corrected chi connectivity index (χ1v) is 21.9. The van der Waals surface area contributed by atoms with Crippen LogP contribution in [0.4, 0.5) is 36.3 Å². The van der Waals surface area contributed by atoms with E-state index in [4.69, 9.17) is 21.3 Å². The topological polar surface area (TPSA) is 172 Å². The van der Waals surface area contributed by atoms with Gasteiger partial charge in [-0.25, -0.2) is 18.2 Å². The predicted octanol–water partition coefficient (Wildman–Crippen LogP) is 5.71. The lowest BCUT2D eigenvalue weighted by atomic mass is 9.83. The summed E-state index contributed by atoms with van der Waals surface area (Å²) in [6.45, 7) is 1.55. The van der Waals surface area contributed by atoms with Crippen molar-refractivity contribution in [3.63, 3.8) is 0 Å². The van der Waals surface area contributed by atoms with Gasteiger partial charge in [0, 0.05) is 62.5 Å². The lowest BCUT2D eigenvalue weighted by molar-refractivity contribution is -0.150. The Morgan fingerprint density at radius 1 is 0.968 bits per heavy atom. The number of benzene rings is 2. The zero-order valence-corrected chi connectivity index (χ0v) is 35.6. The zero-order chi connectivity index (χ0) is 43.9. The van der Waals surface area contributed by atoms with Gasteiger partial charge in [0.25, 0.3) is 5.56 Å². The lowest BCUT2D eigenvalue weighted by Crippen LogP contribution is -2.51. The van der Waals surface area contributed by atoms with E-state index in [9.17, 15) is 19.5 Å². The average molecular weight is 889 g/mol. The van der Waals surface area contributed by atoms with Crippen LogP contribution in [0.3, 0.4) is 0 Å². The Hall–Kier alpha value is -5.46. The summed E-state index contributed by atoms with van der Waals surface area (Å²) in [6.07, 6.45) is 5.53. The van der Waals surface area contributed by atoms with E-state index in [1.54, 1.807) is 37.0 Å². The Morgan fingerprint density at radius 3 is 2.51 bits per heavy atom. The maximum atomic E-state index is 16.2. The molecule has 332 valence electrons. The molecule has 1 saturated carbocycles. The number of imide groups is 1. The quantitative estimate of drug-likeness (QED) is 0.140. The highest BCUT2D eigenvalue weighted by molar-refractivity contribution is 6.33. The van der Waals surface area contributed by atoms with Crippen LogP contribution in [0.2, 0.25) is 5.02 Å². The van der Waals surface area contributed by atoms with Crippen molar-refractivity contribution in [3.8, 4) is 5.75 Å². The first-order chi connectivity index (χ1) is 30.1. The van der Waals surface area contributed by atoms with Crippen molar-refractivity contribution in [1.82, 2.24) is 34.5 Å². The molecule has 5 aliphatic rings. The van der Waals surface area contributed by atoms with Crippen LogP contribution in [0.25, 0.3) is 21.8 Å². The standard InChI is InChI=1S/C44H48ClF3N10O5/c1-55-32-9-6-26(18-29(32)36-37(41(55)61)63-22-43(46,47)38(52-36)24-3-4-24)50-39-31(45)19-49-42(53-39)58-15-11-23(12-16-58)20-57-14-13-30(44(48,62)21-57)25-5-7-27-33(17-25)56(2)54-35(27)28-8-10-34(59)51-40(28)60/h5-7,9,17-19,23-24,28,30,38,52,62H,3-4,8,10-16,20-22H2,1-2H3,(H,49,50,53)(H,51,59,60)/t28?,30-,38-,44+/m0/s1. The van der Waals surface area contributed by atoms with Gasteiger partial charge in [0.1, 0.15) is 5.02 Å². The van der Waals surface area contributed by atoms with Gasteiger partial charge in [0.2, 0.25) is 29.4 Å². The van der Waals surface area contributed by atoms with E-state index in [2.05, 4.69) is 30.9 Å². The highest BCUT2D eigenvalue weighted by atomic mass is 35.5. The molecule has 1 unspecified atom stereocenters. The van der Waals surface area contributed by atoms with Crippen LogP contribution in [0.15, 0.2) is 47.4 Å². The number of aromatic nitrogens is 5. The number of aryl methyl sites for hydroxylation is 2. The van der Waals surface area contributed by atoms with Crippen LogP contribution in [0.1, 0.15) is 68.0 Å². The summed E-state index contributed by atoms with van der Waals surface area (Å²) in [7, 11) is 3.35. The summed E-state index contributed by atoms with van der Waals surface area (Å²) in [4.78, 5) is 50.9. The first-order valence-electron chi connectivity index (χ1n) is 21.6. The molecule has 63 heavy (non-hydrogen) atoms. The number of carbonyl (C=O) groups is 2. The first kappa shape index (κ1) is 41.5. The van der Waals surface area contributed by atoms with E-state index < -0.39 is 41.8 Å². The highest BCUT2D eigenvalue weighted by Crippen LogP contribution is 2.46. The summed E-state index contributed by atoms with van der Waals surface area (Å²) in [6, 6.07) is 9.61. The molecule has 15 nitrogen and oxygen atoms in total. The van der Waals surface area contributed by atoms with E-state index in [-0.39, 0.29) is 53.1 Å². The van der Waals surface area contributed by atoms with Crippen LogP contribution in [0, 0.1) is 11.8 Å². The number of piperidine rings is 3. The molecule has 4 N–H and O–H groups in total. The molecular weight excluding hydrogens is 841 g/mol. The monoisotopic (exact) mass is 888 g/mol. The number of pyridine rings is 1. The van der Waals surface area contributed by atoms with Crippen LogP contribution < -0.4 is 31.1 Å². The maximum Gasteiger partial charge on any atom is 0.301 e. The van der Waals surface area contributed by atoms with Crippen molar-refractivity contribution >= 4 is 68.4 Å². The lowest BCUT2D eigenvalue weighted by Gasteiger charge is -2.42. The third-order valence-corrected chi connectivity index (χ3v) is 13.9. The number of aliphatic hydroxyl groups is 1. The summed E-state index contributed by atoms with van der Waals surface area (Å²) in [5, 5.41) is 26.1. The van der Waals surface area contributed by atoms with Gasteiger partial charge < -0.3 is 29.9 Å². The van der Waals surface area contributed by atoms with E-state index >= 15 is 13.2 Å². The minimum atomic E-state index is -3.15. The van der Waals surface area contributed by atoms with Crippen LogP contribution >= 0.6 is 11.6 Å². The van der Waals surface area contributed by atoms with Crippen molar-refractivity contribution in [3.05, 3.63) is 69.2 Å². The van der Waals surface area contributed by atoms with E-state index in [0.717, 1.165) is 23.7 Å². The fourth-order valence-corrected chi connectivity index (χ4v) is 10.2. The Kier molecular flexibility index (Phi) is 10.3. The number of alkyl halides is 3. The number of amides is 2.